The van der Waals surface area contributed by atoms with Gasteiger partial charge in [-0.3, -0.25) is 0 Å². The number of fused-ring (bicyclic) bond motifs is 1. The molecule has 38 heavy (non-hydrogen) atoms. The van der Waals surface area contributed by atoms with Gasteiger partial charge in [0.15, 0.2) is 0 Å². The third-order valence-electron chi connectivity index (χ3n) is 7.60. The molecule has 2 aliphatic rings. The SMILES string of the molecule is CC(C)c1ccc(C2O[C@H](CO)[C@@H](O)C(O)[C@H]2O)cc1Cc1ccc2c(c1)N(Cc1ccccc1)CCO2. The molecule has 1 fully saturated rings. The van der Waals surface area contributed by atoms with Gasteiger partial charge in [-0.05, 0) is 52.3 Å². The Morgan fingerprint density at radius 2 is 1.68 bits per heavy atom. The molecular formula is C31H37NO6. The van der Waals surface area contributed by atoms with Crippen LogP contribution in [0.4, 0.5) is 5.69 Å². The molecule has 7 nitrogen and oxygen atoms in total. The van der Waals surface area contributed by atoms with Crippen molar-refractivity contribution in [2.45, 2.75) is 63.3 Å². The summed E-state index contributed by atoms with van der Waals surface area (Å²) in [5, 5.41) is 40.8. The van der Waals surface area contributed by atoms with E-state index in [0.717, 1.165) is 35.7 Å². The summed E-state index contributed by atoms with van der Waals surface area (Å²) in [5.41, 5.74) is 6.46. The van der Waals surface area contributed by atoms with Crippen LogP contribution in [0.25, 0.3) is 0 Å². The van der Waals surface area contributed by atoms with Gasteiger partial charge < -0.3 is 34.8 Å². The van der Waals surface area contributed by atoms with Crippen LogP contribution >= 0.6 is 0 Å². The van der Waals surface area contributed by atoms with Crippen molar-refractivity contribution >= 4 is 5.69 Å². The Labute approximate surface area is 223 Å². The number of hydrogen-bond donors (Lipinski definition) is 4. The lowest BCUT2D eigenvalue weighted by atomic mass is 9.86. The van der Waals surface area contributed by atoms with E-state index in [1.54, 1.807) is 0 Å². The molecule has 3 aromatic carbocycles. The minimum Gasteiger partial charge on any atom is -0.490 e. The molecule has 0 spiro atoms. The van der Waals surface area contributed by atoms with Gasteiger partial charge in [-0.2, -0.15) is 0 Å². The standard InChI is InChI=1S/C31H37NO6/c1-19(2)24-10-9-22(31-30(36)29(35)28(34)27(18-33)38-31)16-23(24)14-21-8-11-26-25(15-21)32(12-13-37-26)17-20-6-4-3-5-7-20/h3-11,15-16,19,27-31,33-36H,12-14,17-18H2,1-2H3/t27-,28-,29?,30-,31?/m1/s1. The maximum absolute atomic E-state index is 10.7. The molecule has 5 rings (SSSR count). The molecule has 0 aromatic heterocycles. The van der Waals surface area contributed by atoms with Crippen molar-refractivity contribution < 1.29 is 29.9 Å². The van der Waals surface area contributed by atoms with Gasteiger partial charge in [-0.15, -0.1) is 0 Å². The molecule has 4 N–H and O–H groups in total. The zero-order valence-electron chi connectivity index (χ0n) is 21.9. The second kappa shape index (κ2) is 11.4. The first-order valence-corrected chi connectivity index (χ1v) is 13.3. The third kappa shape index (κ3) is 5.44. The van der Waals surface area contributed by atoms with Crippen LogP contribution in [-0.4, -0.2) is 64.6 Å². The molecule has 0 saturated carbocycles. The van der Waals surface area contributed by atoms with Crippen molar-refractivity contribution in [2.75, 3.05) is 24.7 Å². The average molecular weight is 520 g/mol. The number of ether oxygens (including phenoxy) is 2. The van der Waals surface area contributed by atoms with E-state index in [0.29, 0.717) is 18.6 Å². The Bertz CT molecular complexity index is 1230. The predicted molar refractivity (Wildman–Crippen MR) is 145 cm³/mol. The fourth-order valence-electron chi connectivity index (χ4n) is 5.51. The lowest BCUT2D eigenvalue weighted by Crippen LogP contribution is -2.55. The lowest BCUT2D eigenvalue weighted by Gasteiger charge is -2.40. The molecule has 2 heterocycles. The van der Waals surface area contributed by atoms with Gasteiger partial charge >= 0.3 is 0 Å². The average Bonchev–Trinajstić information content (AvgIpc) is 2.93. The van der Waals surface area contributed by atoms with Gasteiger partial charge in [0.2, 0.25) is 0 Å². The molecule has 5 atom stereocenters. The van der Waals surface area contributed by atoms with E-state index in [9.17, 15) is 20.4 Å². The van der Waals surface area contributed by atoms with E-state index >= 15 is 0 Å². The number of aliphatic hydroxyl groups is 4. The fourth-order valence-corrected chi connectivity index (χ4v) is 5.51. The summed E-state index contributed by atoms with van der Waals surface area (Å²) in [7, 11) is 0. The second-order valence-electron chi connectivity index (χ2n) is 10.6. The smallest absolute Gasteiger partial charge is 0.142 e. The number of aliphatic hydroxyl groups excluding tert-OH is 4. The molecule has 3 aromatic rings. The molecule has 2 aliphatic heterocycles. The summed E-state index contributed by atoms with van der Waals surface area (Å²) in [6, 6.07) is 22.7. The Balaban J connectivity index is 1.44. The van der Waals surface area contributed by atoms with Gasteiger partial charge in [-0.25, -0.2) is 0 Å². The van der Waals surface area contributed by atoms with Gasteiger partial charge in [0.05, 0.1) is 18.8 Å². The molecule has 202 valence electrons. The van der Waals surface area contributed by atoms with Gasteiger partial charge in [-0.1, -0.05) is 68.4 Å². The summed E-state index contributed by atoms with van der Waals surface area (Å²) in [6.45, 7) is 6.12. The van der Waals surface area contributed by atoms with E-state index < -0.39 is 37.1 Å². The Morgan fingerprint density at radius 3 is 2.42 bits per heavy atom. The van der Waals surface area contributed by atoms with E-state index in [2.05, 4.69) is 55.1 Å². The van der Waals surface area contributed by atoms with Crippen molar-refractivity contribution in [3.8, 4) is 5.75 Å². The second-order valence-corrected chi connectivity index (χ2v) is 10.6. The topological polar surface area (TPSA) is 103 Å². The van der Waals surface area contributed by atoms with Crippen molar-refractivity contribution in [3.63, 3.8) is 0 Å². The van der Waals surface area contributed by atoms with Crippen LogP contribution in [0.15, 0.2) is 66.7 Å². The maximum atomic E-state index is 10.7. The van der Waals surface area contributed by atoms with E-state index in [4.69, 9.17) is 9.47 Å². The summed E-state index contributed by atoms with van der Waals surface area (Å²) in [6.07, 6.45) is -5.22. The van der Waals surface area contributed by atoms with E-state index in [-0.39, 0.29) is 5.92 Å². The summed E-state index contributed by atoms with van der Waals surface area (Å²) in [5.74, 6) is 1.17. The number of hydrogen-bond acceptors (Lipinski definition) is 7. The van der Waals surface area contributed by atoms with Crippen LogP contribution < -0.4 is 9.64 Å². The van der Waals surface area contributed by atoms with E-state index in [1.165, 1.54) is 11.1 Å². The highest BCUT2D eigenvalue weighted by atomic mass is 16.5. The normalized spacial score (nSPS) is 25.2. The van der Waals surface area contributed by atoms with Gasteiger partial charge in [0.25, 0.3) is 0 Å². The first-order valence-electron chi connectivity index (χ1n) is 13.3. The highest BCUT2D eigenvalue weighted by Crippen LogP contribution is 2.37. The van der Waals surface area contributed by atoms with E-state index in [1.807, 2.05) is 30.3 Å². The van der Waals surface area contributed by atoms with Crippen LogP contribution in [0.3, 0.4) is 0 Å². The number of nitrogens with zero attached hydrogens (tertiary/aromatic N) is 1. The quantitative estimate of drug-likeness (QED) is 0.380. The molecular weight excluding hydrogens is 482 g/mol. The number of rotatable bonds is 7. The lowest BCUT2D eigenvalue weighted by molar-refractivity contribution is -0.231. The van der Waals surface area contributed by atoms with Gasteiger partial charge in [0, 0.05) is 6.54 Å². The van der Waals surface area contributed by atoms with Crippen LogP contribution in [0.5, 0.6) is 5.75 Å². The van der Waals surface area contributed by atoms with Crippen LogP contribution in [0.1, 0.15) is 53.7 Å². The molecule has 0 radical (unpaired) electrons. The Kier molecular flexibility index (Phi) is 8.02. The molecule has 0 bridgehead atoms. The summed E-state index contributed by atoms with van der Waals surface area (Å²) >= 11 is 0. The highest BCUT2D eigenvalue weighted by molar-refractivity contribution is 5.62. The van der Waals surface area contributed by atoms with Crippen LogP contribution in [0, 0.1) is 0 Å². The summed E-state index contributed by atoms with van der Waals surface area (Å²) < 4.78 is 11.8. The largest absolute Gasteiger partial charge is 0.490 e. The third-order valence-corrected chi connectivity index (χ3v) is 7.60. The highest BCUT2D eigenvalue weighted by Gasteiger charge is 2.44. The van der Waals surface area contributed by atoms with Crippen molar-refractivity contribution in [1.29, 1.82) is 0 Å². The molecule has 2 unspecified atom stereocenters. The monoisotopic (exact) mass is 519 g/mol. The molecule has 0 amide bonds. The number of benzene rings is 3. The maximum Gasteiger partial charge on any atom is 0.142 e. The Morgan fingerprint density at radius 1 is 0.895 bits per heavy atom. The van der Waals surface area contributed by atoms with Crippen molar-refractivity contribution in [1.82, 2.24) is 0 Å². The van der Waals surface area contributed by atoms with Crippen LogP contribution in [-0.2, 0) is 17.7 Å². The summed E-state index contributed by atoms with van der Waals surface area (Å²) in [4.78, 5) is 2.35. The first kappa shape index (κ1) is 26.7. The van der Waals surface area contributed by atoms with Crippen LogP contribution in [0.2, 0.25) is 0 Å². The zero-order chi connectivity index (χ0) is 26.8. The molecule has 1 saturated heterocycles. The first-order chi connectivity index (χ1) is 18.4. The predicted octanol–water partition coefficient (Wildman–Crippen LogP) is 3.31. The minimum absolute atomic E-state index is 0.282. The number of anilines is 1. The minimum atomic E-state index is -1.41. The molecule has 0 aliphatic carbocycles. The van der Waals surface area contributed by atoms with Gasteiger partial charge in [0.1, 0.15) is 42.9 Å². The Hall–Kier alpha value is -2.94. The fraction of sp³-hybridized carbons (Fsp3) is 0.419. The molecule has 7 heteroatoms. The van der Waals surface area contributed by atoms with Crippen molar-refractivity contribution in [2.24, 2.45) is 0 Å². The van der Waals surface area contributed by atoms with Crippen molar-refractivity contribution in [3.05, 3.63) is 94.5 Å². The zero-order valence-corrected chi connectivity index (χ0v) is 21.9.